The fourth-order valence-electron chi connectivity index (χ4n) is 1.50. The third kappa shape index (κ3) is 4.54. The van der Waals surface area contributed by atoms with E-state index in [-0.39, 0.29) is 25.6 Å². The molecule has 0 atom stereocenters. The predicted molar refractivity (Wildman–Crippen MR) is 82.8 cm³/mol. The van der Waals surface area contributed by atoms with Crippen LogP contribution >= 0.6 is 27.3 Å². The van der Waals surface area contributed by atoms with Crippen molar-refractivity contribution in [3.63, 3.8) is 0 Å². The quantitative estimate of drug-likeness (QED) is 0.635. The highest BCUT2D eigenvalue weighted by Crippen LogP contribution is 2.23. The van der Waals surface area contributed by atoms with Gasteiger partial charge < -0.3 is 15.2 Å². The second kappa shape index (κ2) is 7.31. The van der Waals surface area contributed by atoms with Gasteiger partial charge in [0.1, 0.15) is 12.4 Å². The van der Waals surface area contributed by atoms with E-state index in [9.17, 15) is 4.79 Å². The number of benzene rings is 1. The third-order valence-electron chi connectivity index (χ3n) is 2.49. The Morgan fingerprint density at radius 2 is 2.20 bits per heavy atom. The third-order valence-corrected chi connectivity index (χ3v) is 4.39. The second-order valence-electron chi connectivity index (χ2n) is 4.02. The van der Waals surface area contributed by atoms with E-state index in [2.05, 4.69) is 15.9 Å². The van der Waals surface area contributed by atoms with Crippen LogP contribution in [0.2, 0.25) is 0 Å². The minimum Gasteiger partial charge on any atom is -0.493 e. The maximum Gasteiger partial charge on any atom is 0.309 e. The Morgan fingerprint density at radius 1 is 1.35 bits per heavy atom. The first-order valence-electron chi connectivity index (χ1n) is 6.01. The van der Waals surface area contributed by atoms with Crippen LogP contribution in [-0.2, 0) is 16.1 Å². The molecule has 0 unspecified atom stereocenters. The van der Waals surface area contributed by atoms with Gasteiger partial charge in [0.15, 0.2) is 0 Å². The second-order valence-corrected chi connectivity index (χ2v) is 5.88. The zero-order valence-corrected chi connectivity index (χ0v) is 13.1. The van der Waals surface area contributed by atoms with E-state index in [1.165, 1.54) is 0 Å². The number of nitrogen functional groups attached to an aromatic ring is 1. The fraction of sp³-hybridized carbons (Fsp3) is 0.214. The van der Waals surface area contributed by atoms with Crippen LogP contribution < -0.4 is 10.5 Å². The Kier molecular flexibility index (Phi) is 5.43. The Morgan fingerprint density at radius 3 is 2.90 bits per heavy atom. The Balaban J connectivity index is 1.69. The molecule has 1 aromatic carbocycles. The maximum atomic E-state index is 11.6. The largest absolute Gasteiger partial charge is 0.493 e. The highest BCUT2D eigenvalue weighted by molar-refractivity contribution is 9.10. The summed E-state index contributed by atoms with van der Waals surface area (Å²) in [6.07, 6.45) is 0.206. The number of nitrogens with two attached hydrogens (primary N) is 1. The number of carbonyl (C=O) groups excluding carboxylic acids is 1. The van der Waals surface area contributed by atoms with Gasteiger partial charge in [-0.3, -0.25) is 4.79 Å². The van der Waals surface area contributed by atoms with Gasteiger partial charge in [-0.05, 0) is 39.5 Å². The lowest BCUT2D eigenvalue weighted by atomic mass is 10.3. The van der Waals surface area contributed by atoms with Crippen LogP contribution in [0.4, 0.5) is 5.69 Å². The Hall–Kier alpha value is -1.53. The lowest BCUT2D eigenvalue weighted by Gasteiger charge is -2.07. The molecule has 0 fully saturated rings. The number of esters is 1. The summed E-state index contributed by atoms with van der Waals surface area (Å²) < 4.78 is 11.6. The fourth-order valence-corrected chi connectivity index (χ4v) is 2.88. The summed E-state index contributed by atoms with van der Waals surface area (Å²) >= 11 is 4.93. The molecule has 0 aliphatic rings. The first-order chi connectivity index (χ1) is 9.65. The van der Waals surface area contributed by atoms with E-state index in [1.807, 2.05) is 11.4 Å². The Bertz CT molecular complexity index is 585. The summed E-state index contributed by atoms with van der Waals surface area (Å²) in [7, 11) is 0. The van der Waals surface area contributed by atoms with Gasteiger partial charge in [0.25, 0.3) is 0 Å². The molecule has 1 heterocycles. The standard InChI is InChI=1S/C14H14BrNO3S/c15-12-5-7-20-13(12)9-19-14(17)4-6-18-11-3-1-2-10(16)8-11/h1-3,5,7-8H,4,6,9,16H2. The molecule has 0 radical (unpaired) electrons. The van der Waals surface area contributed by atoms with Crippen LogP contribution in [0.25, 0.3) is 0 Å². The van der Waals surface area contributed by atoms with Gasteiger partial charge >= 0.3 is 5.97 Å². The van der Waals surface area contributed by atoms with Crippen molar-refractivity contribution in [2.24, 2.45) is 0 Å². The topological polar surface area (TPSA) is 61.5 Å². The van der Waals surface area contributed by atoms with Gasteiger partial charge in [0, 0.05) is 16.2 Å². The van der Waals surface area contributed by atoms with E-state index in [4.69, 9.17) is 15.2 Å². The van der Waals surface area contributed by atoms with Crippen molar-refractivity contribution < 1.29 is 14.3 Å². The molecular weight excluding hydrogens is 342 g/mol. The summed E-state index contributed by atoms with van der Waals surface area (Å²) in [6.45, 7) is 0.559. The summed E-state index contributed by atoms with van der Waals surface area (Å²) in [6, 6.07) is 9.02. The van der Waals surface area contributed by atoms with Gasteiger partial charge in [-0.1, -0.05) is 6.07 Å². The van der Waals surface area contributed by atoms with Crippen LogP contribution in [-0.4, -0.2) is 12.6 Å². The van der Waals surface area contributed by atoms with Crippen LogP contribution in [0.5, 0.6) is 5.75 Å². The van der Waals surface area contributed by atoms with E-state index < -0.39 is 0 Å². The number of ether oxygens (including phenoxy) is 2. The predicted octanol–water partition coefficient (Wildman–Crippen LogP) is 3.61. The number of rotatable bonds is 6. The van der Waals surface area contributed by atoms with Crippen LogP contribution in [0, 0.1) is 0 Å². The lowest BCUT2D eigenvalue weighted by Crippen LogP contribution is -2.09. The van der Waals surface area contributed by atoms with Gasteiger partial charge in [0.2, 0.25) is 0 Å². The molecule has 0 spiro atoms. The normalized spacial score (nSPS) is 10.2. The number of hydrogen-bond donors (Lipinski definition) is 1. The minimum atomic E-state index is -0.283. The van der Waals surface area contributed by atoms with Gasteiger partial charge in [0.05, 0.1) is 17.9 Å². The molecule has 4 nitrogen and oxygen atoms in total. The molecule has 0 aliphatic heterocycles. The number of anilines is 1. The van der Waals surface area contributed by atoms with Crippen LogP contribution in [0.1, 0.15) is 11.3 Å². The number of halogens is 1. The van der Waals surface area contributed by atoms with Gasteiger partial charge in [-0.15, -0.1) is 11.3 Å². The first kappa shape index (κ1) is 14.9. The molecule has 0 bridgehead atoms. The molecule has 2 aromatic rings. The van der Waals surface area contributed by atoms with E-state index in [1.54, 1.807) is 35.6 Å². The minimum absolute atomic E-state index is 0.206. The molecule has 0 amide bonds. The molecular formula is C14H14BrNO3S. The van der Waals surface area contributed by atoms with Crippen molar-refractivity contribution >= 4 is 38.9 Å². The summed E-state index contributed by atoms with van der Waals surface area (Å²) in [5.74, 6) is 0.369. The van der Waals surface area contributed by atoms with E-state index in [0.29, 0.717) is 11.4 Å². The zero-order valence-electron chi connectivity index (χ0n) is 10.7. The molecule has 1 aromatic heterocycles. The van der Waals surface area contributed by atoms with Crippen molar-refractivity contribution in [1.82, 2.24) is 0 Å². The van der Waals surface area contributed by atoms with E-state index >= 15 is 0 Å². The molecule has 2 N–H and O–H groups in total. The number of hydrogen-bond acceptors (Lipinski definition) is 5. The van der Waals surface area contributed by atoms with Crippen molar-refractivity contribution in [2.75, 3.05) is 12.3 Å². The number of thiophene rings is 1. The maximum absolute atomic E-state index is 11.6. The average Bonchev–Trinajstić information content (AvgIpc) is 2.82. The first-order valence-corrected chi connectivity index (χ1v) is 7.68. The molecule has 0 saturated carbocycles. The van der Waals surface area contributed by atoms with Crippen LogP contribution in [0.15, 0.2) is 40.2 Å². The smallest absolute Gasteiger partial charge is 0.309 e. The van der Waals surface area contributed by atoms with Crippen molar-refractivity contribution in [1.29, 1.82) is 0 Å². The van der Waals surface area contributed by atoms with Crippen molar-refractivity contribution in [2.45, 2.75) is 13.0 Å². The lowest BCUT2D eigenvalue weighted by molar-refractivity contribution is -0.145. The van der Waals surface area contributed by atoms with Crippen molar-refractivity contribution in [3.05, 3.63) is 45.1 Å². The molecule has 20 heavy (non-hydrogen) atoms. The monoisotopic (exact) mass is 355 g/mol. The average molecular weight is 356 g/mol. The highest BCUT2D eigenvalue weighted by Gasteiger charge is 2.07. The molecule has 106 valence electrons. The summed E-state index contributed by atoms with van der Waals surface area (Å²) in [5.41, 5.74) is 6.26. The SMILES string of the molecule is Nc1cccc(OCCC(=O)OCc2sccc2Br)c1. The highest BCUT2D eigenvalue weighted by atomic mass is 79.9. The van der Waals surface area contributed by atoms with E-state index in [0.717, 1.165) is 9.35 Å². The zero-order chi connectivity index (χ0) is 14.4. The van der Waals surface area contributed by atoms with Gasteiger partial charge in [-0.2, -0.15) is 0 Å². The number of carbonyl (C=O) groups is 1. The van der Waals surface area contributed by atoms with Crippen molar-refractivity contribution in [3.8, 4) is 5.75 Å². The summed E-state index contributed by atoms with van der Waals surface area (Å²) in [5, 5.41) is 1.94. The van der Waals surface area contributed by atoms with Gasteiger partial charge in [-0.25, -0.2) is 0 Å². The molecule has 2 rings (SSSR count). The van der Waals surface area contributed by atoms with Crippen LogP contribution in [0.3, 0.4) is 0 Å². The molecule has 0 saturated heterocycles. The summed E-state index contributed by atoms with van der Waals surface area (Å²) in [4.78, 5) is 12.6. The molecule has 0 aliphatic carbocycles. The Labute approximate surface area is 129 Å². The molecule has 6 heteroatoms.